The Balaban J connectivity index is 2.21. The van der Waals surface area contributed by atoms with Crippen molar-refractivity contribution in [1.29, 1.82) is 0 Å². The summed E-state index contributed by atoms with van der Waals surface area (Å²) in [5, 5.41) is 8.87. The highest BCUT2D eigenvalue weighted by Gasteiger charge is 2.25. The van der Waals surface area contributed by atoms with E-state index in [0.29, 0.717) is 11.4 Å². The number of ether oxygens (including phenoxy) is 1. The second kappa shape index (κ2) is 5.96. The molecule has 0 aliphatic heterocycles. The highest BCUT2D eigenvalue weighted by Crippen LogP contribution is 2.14. The summed E-state index contributed by atoms with van der Waals surface area (Å²) in [5.41, 5.74) is 0.625. The molecule has 1 atom stereocenters. The molecular weight excluding hydrogens is 260 g/mol. The Labute approximate surface area is 115 Å². The monoisotopic (exact) mass is 274 g/mol. The van der Waals surface area contributed by atoms with Crippen LogP contribution in [0.2, 0.25) is 0 Å². The summed E-state index contributed by atoms with van der Waals surface area (Å²) >= 11 is 0. The first kappa shape index (κ1) is 13.7. The number of amides is 1. The molecule has 7 nitrogen and oxygen atoms in total. The van der Waals surface area contributed by atoms with Gasteiger partial charge in [0.15, 0.2) is 6.04 Å². The van der Waals surface area contributed by atoms with Crippen molar-refractivity contribution in [2.75, 3.05) is 7.11 Å². The van der Waals surface area contributed by atoms with Gasteiger partial charge >= 0.3 is 5.97 Å². The van der Waals surface area contributed by atoms with Crippen molar-refractivity contribution in [3.05, 3.63) is 47.5 Å². The molecule has 2 N–H and O–H groups in total. The molecular formula is C13H14N4O3. The zero-order valence-electron chi connectivity index (χ0n) is 11.1. The van der Waals surface area contributed by atoms with Crippen LogP contribution < -0.4 is 5.32 Å². The molecule has 0 saturated carbocycles. The Bertz CT molecular complexity index is 609. The molecule has 0 aliphatic carbocycles. The molecule has 2 aromatic rings. The first-order valence-electron chi connectivity index (χ1n) is 5.94. The van der Waals surface area contributed by atoms with Gasteiger partial charge in [-0.25, -0.2) is 9.78 Å². The third kappa shape index (κ3) is 3.00. The maximum Gasteiger partial charge on any atom is 0.333 e. The fourth-order valence-corrected chi connectivity index (χ4v) is 1.68. The second-order valence-corrected chi connectivity index (χ2v) is 4.08. The lowest BCUT2D eigenvalue weighted by molar-refractivity contribution is -0.143. The van der Waals surface area contributed by atoms with E-state index in [1.54, 1.807) is 31.2 Å². The highest BCUT2D eigenvalue weighted by molar-refractivity contribution is 5.94. The smallest absolute Gasteiger partial charge is 0.333 e. The largest absolute Gasteiger partial charge is 0.467 e. The molecule has 1 unspecified atom stereocenters. The van der Waals surface area contributed by atoms with Crippen LogP contribution in [0.25, 0.3) is 0 Å². The van der Waals surface area contributed by atoms with E-state index >= 15 is 0 Å². The number of hydrogen-bond acceptors (Lipinski definition) is 5. The summed E-state index contributed by atoms with van der Waals surface area (Å²) in [6, 6.07) is 7.92. The van der Waals surface area contributed by atoms with Gasteiger partial charge in [0.1, 0.15) is 5.82 Å². The van der Waals surface area contributed by atoms with Crippen molar-refractivity contribution >= 4 is 11.9 Å². The van der Waals surface area contributed by atoms with Crippen LogP contribution in [0.4, 0.5) is 0 Å². The lowest BCUT2D eigenvalue weighted by atomic mass is 10.1. The van der Waals surface area contributed by atoms with Gasteiger partial charge in [0, 0.05) is 0 Å². The minimum atomic E-state index is -0.896. The quantitative estimate of drug-likeness (QED) is 0.802. The number of nitrogens with zero attached hydrogens (tertiary/aromatic N) is 2. The Kier molecular flexibility index (Phi) is 4.09. The number of methoxy groups -OCH3 is 1. The average molecular weight is 274 g/mol. The zero-order chi connectivity index (χ0) is 14.5. The molecule has 0 radical (unpaired) electrons. The van der Waals surface area contributed by atoms with Crippen LogP contribution in [0, 0.1) is 6.92 Å². The van der Waals surface area contributed by atoms with E-state index < -0.39 is 17.9 Å². The number of H-pyrrole nitrogens is 1. The Morgan fingerprint density at radius 1 is 1.30 bits per heavy atom. The molecule has 0 spiro atoms. The summed E-state index contributed by atoms with van der Waals surface area (Å²) in [4.78, 5) is 27.7. The molecule has 0 aliphatic rings. The van der Waals surface area contributed by atoms with E-state index in [0.717, 1.165) is 0 Å². The Hall–Kier alpha value is -2.70. The third-order valence-electron chi connectivity index (χ3n) is 2.65. The molecule has 1 aromatic heterocycles. The second-order valence-electron chi connectivity index (χ2n) is 4.08. The number of aromatic amines is 1. The van der Waals surface area contributed by atoms with Crippen molar-refractivity contribution in [1.82, 2.24) is 20.5 Å². The van der Waals surface area contributed by atoms with Crippen LogP contribution in [-0.2, 0) is 9.53 Å². The predicted molar refractivity (Wildman–Crippen MR) is 69.8 cm³/mol. The van der Waals surface area contributed by atoms with E-state index in [-0.39, 0.29) is 5.82 Å². The van der Waals surface area contributed by atoms with Crippen molar-refractivity contribution in [2.45, 2.75) is 13.0 Å². The fourth-order valence-electron chi connectivity index (χ4n) is 1.68. The SMILES string of the molecule is COC(=O)C(NC(=O)c1n[nH]c(C)n1)c1ccccc1. The minimum Gasteiger partial charge on any atom is -0.467 e. The zero-order valence-corrected chi connectivity index (χ0v) is 11.1. The van der Waals surface area contributed by atoms with Crippen molar-refractivity contribution in [3.63, 3.8) is 0 Å². The van der Waals surface area contributed by atoms with Gasteiger partial charge in [0.05, 0.1) is 7.11 Å². The number of rotatable bonds is 4. The maximum absolute atomic E-state index is 12.0. The molecule has 1 amide bonds. The van der Waals surface area contributed by atoms with Crippen molar-refractivity contribution in [2.24, 2.45) is 0 Å². The van der Waals surface area contributed by atoms with Gasteiger partial charge in [-0.15, -0.1) is 5.10 Å². The number of hydrogen-bond donors (Lipinski definition) is 2. The van der Waals surface area contributed by atoms with Crippen LogP contribution in [0.1, 0.15) is 28.0 Å². The molecule has 0 bridgehead atoms. The topological polar surface area (TPSA) is 97.0 Å². The maximum atomic E-state index is 12.0. The first-order chi connectivity index (χ1) is 9.61. The summed E-state index contributed by atoms with van der Waals surface area (Å²) in [6.07, 6.45) is 0. The van der Waals surface area contributed by atoms with Crippen molar-refractivity contribution in [3.8, 4) is 0 Å². The molecule has 0 saturated heterocycles. The van der Waals surface area contributed by atoms with Gasteiger partial charge < -0.3 is 10.1 Å². The van der Waals surface area contributed by atoms with Crippen LogP contribution in [0.3, 0.4) is 0 Å². The number of carbonyl (C=O) groups is 2. The lowest BCUT2D eigenvalue weighted by Gasteiger charge is -2.15. The lowest BCUT2D eigenvalue weighted by Crippen LogP contribution is -2.35. The molecule has 7 heteroatoms. The summed E-state index contributed by atoms with van der Waals surface area (Å²) in [7, 11) is 1.27. The van der Waals surface area contributed by atoms with Crippen LogP contribution >= 0.6 is 0 Å². The van der Waals surface area contributed by atoms with E-state index in [1.165, 1.54) is 7.11 Å². The summed E-state index contributed by atoms with van der Waals surface area (Å²) in [6.45, 7) is 1.68. The van der Waals surface area contributed by atoms with Crippen LogP contribution in [0.15, 0.2) is 30.3 Å². The van der Waals surface area contributed by atoms with Crippen LogP contribution in [-0.4, -0.2) is 34.2 Å². The number of esters is 1. The molecule has 0 fully saturated rings. The standard InChI is InChI=1S/C13H14N4O3/c1-8-14-11(17-16-8)12(18)15-10(13(19)20-2)9-6-4-3-5-7-9/h3-7,10H,1-2H3,(H,15,18)(H,14,16,17). The van der Waals surface area contributed by atoms with Gasteiger partial charge in [-0.1, -0.05) is 30.3 Å². The Morgan fingerprint density at radius 3 is 2.55 bits per heavy atom. The molecule has 104 valence electrons. The van der Waals surface area contributed by atoms with E-state index in [1.807, 2.05) is 6.07 Å². The number of nitrogens with one attached hydrogen (secondary N) is 2. The predicted octanol–water partition coefficient (Wildman–Crippen LogP) is 0.757. The average Bonchev–Trinajstić information content (AvgIpc) is 2.91. The Morgan fingerprint density at radius 2 is 2.00 bits per heavy atom. The van der Waals surface area contributed by atoms with Gasteiger partial charge in [-0.2, -0.15) is 0 Å². The van der Waals surface area contributed by atoms with E-state index in [4.69, 9.17) is 4.74 Å². The summed E-state index contributed by atoms with van der Waals surface area (Å²) in [5.74, 6) is -0.609. The summed E-state index contributed by atoms with van der Waals surface area (Å²) < 4.78 is 4.71. The third-order valence-corrected chi connectivity index (χ3v) is 2.65. The molecule has 1 aromatic carbocycles. The number of benzene rings is 1. The normalized spacial score (nSPS) is 11.7. The molecule has 1 heterocycles. The van der Waals surface area contributed by atoms with E-state index in [2.05, 4.69) is 20.5 Å². The van der Waals surface area contributed by atoms with E-state index in [9.17, 15) is 9.59 Å². The van der Waals surface area contributed by atoms with Gasteiger partial charge in [0.25, 0.3) is 5.91 Å². The van der Waals surface area contributed by atoms with Crippen LogP contribution in [0.5, 0.6) is 0 Å². The highest BCUT2D eigenvalue weighted by atomic mass is 16.5. The number of aromatic nitrogens is 3. The number of aryl methyl sites for hydroxylation is 1. The fraction of sp³-hybridized carbons (Fsp3) is 0.231. The number of carbonyl (C=O) groups excluding carboxylic acids is 2. The molecule has 2 rings (SSSR count). The van der Waals surface area contributed by atoms with Gasteiger partial charge in [0.2, 0.25) is 5.82 Å². The van der Waals surface area contributed by atoms with Gasteiger partial charge in [-0.3, -0.25) is 9.89 Å². The molecule has 20 heavy (non-hydrogen) atoms. The van der Waals surface area contributed by atoms with Gasteiger partial charge in [-0.05, 0) is 12.5 Å². The first-order valence-corrected chi connectivity index (χ1v) is 5.94. The van der Waals surface area contributed by atoms with Crippen molar-refractivity contribution < 1.29 is 14.3 Å². The minimum absolute atomic E-state index is 0.0210.